The van der Waals surface area contributed by atoms with Crippen LogP contribution < -0.4 is 0 Å². The first-order valence-electron chi connectivity index (χ1n) is 10.5. The molecule has 2 heterocycles. The molecule has 162 valence electrons. The normalized spacial score (nSPS) is 17.4. The van der Waals surface area contributed by atoms with Gasteiger partial charge in [0.1, 0.15) is 0 Å². The van der Waals surface area contributed by atoms with Gasteiger partial charge in [-0.2, -0.15) is 0 Å². The average molecular weight is 447 g/mol. The van der Waals surface area contributed by atoms with Gasteiger partial charge in [-0.05, 0) is 22.8 Å². The van der Waals surface area contributed by atoms with Crippen molar-refractivity contribution in [3.05, 3.63) is 90.1 Å². The number of benzene rings is 3. The first-order chi connectivity index (χ1) is 15.5. The molecule has 1 aliphatic rings. The van der Waals surface area contributed by atoms with E-state index in [2.05, 4.69) is 5.16 Å². The number of sulfone groups is 1. The van der Waals surface area contributed by atoms with E-state index < -0.39 is 15.9 Å². The molecule has 6 nitrogen and oxygen atoms in total. The Kier molecular flexibility index (Phi) is 5.27. The molecule has 32 heavy (non-hydrogen) atoms. The summed E-state index contributed by atoms with van der Waals surface area (Å²) >= 11 is 0. The quantitative estimate of drug-likeness (QED) is 0.456. The van der Waals surface area contributed by atoms with Crippen LogP contribution in [0.2, 0.25) is 0 Å². The lowest BCUT2D eigenvalue weighted by atomic mass is 10.0. The van der Waals surface area contributed by atoms with Gasteiger partial charge in [0, 0.05) is 24.2 Å². The van der Waals surface area contributed by atoms with E-state index in [-0.39, 0.29) is 23.1 Å². The first kappa shape index (κ1) is 20.5. The van der Waals surface area contributed by atoms with Gasteiger partial charge in [0.25, 0.3) is 5.91 Å². The molecule has 3 aromatic carbocycles. The van der Waals surface area contributed by atoms with Gasteiger partial charge >= 0.3 is 0 Å². The van der Waals surface area contributed by atoms with Gasteiger partial charge in [-0.1, -0.05) is 78.0 Å². The zero-order chi connectivity index (χ0) is 22.1. The van der Waals surface area contributed by atoms with E-state index in [1.165, 1.54) is 0 Å². The van der Waals surface area contributed by atoms with Crippen molar-refractivity contribution in [2.75, 3.05) is 11.5 Å². The molecular weight excluding hydrogens is 424 g/mol. The minimum atomic E-state index is -3.17. The van der Waals surface area contributed by atoms with Gasteiger partial charge in [0.05, 0.1) is 11.5 Å². The number of rotatable bonds is 5. The van der Waals surface area contributed by atoms with E-state index in [1.807, 2.05) is 72.8 Å². The van der Waals surface area contributed by atoms with Crippen molar-refractivity contribution in [2.24, 2.45) is 0 Å². The Labute approximate surface area is 186 Å². The molecular formula is C25H22N2O4S. The maximum Gasteiger partial charge on any atom is 0.276 e. The molecule has 4 aromatic rings. The van der Waals surface area contributed by atoms with Crippen LogP contribution in [0.25, 0.3) is 22.1 Å². The molecule has 1 aliphatic heterocycles. The third-order valence-electron chi connectivity index (χ3n) is 5.92. The molecule has 0 saturated carbocycles. The molecule has 1 atom stereocenters. The Morgan fingerprint density at radius 1 is 1.00 bits per heavy atom. The highest BCUT2D eigenvalue weighted by molar-refractivity contribution is 7.91. The zero-order valence-electron chi connectivity index (χ0n) is 17.3. The topological polar surface area (TPSA) is 80.5 Å². The van der Waals surface area contributed by atoms with Crippen LogP contribution in [0, 0.1) is 0 Å². The van der Waals surface area contributed by atoms with Gasteiger partial charge in [-0.3, -0.25) is 4.79 Å². The molecule has 0 spiro atoms. The summed E-state index contributed by atoms with van der Waals surface area (Å²) in [6.45, 7) is 0.300. The van der Waals surface area contributed by atoms with Crippen molar-refractivity contribution in [3.8, 4) is 11.3 Å². The molecule has 1 saturated heterocycles. The number of nitrogens with zero attached hydrogens (tertiary/aromatic N) is 2. The Balaban J connectivity index is 1.50. The fourth-order valence-corrected chi connectivity index (χ4v) is 5.99. The summed E-state index contributed by atoms with van der Waals surface area (Å²) in [5, 5.41) is 6.12. The van der Waals surface area contributed by atoms with E-state index in [0.717, 1.165) is 21.9 Å². The van der Waals surface area contributed by atoms with Crippen LogP contribution in [-0.2, 0) is 16.4 Å². The van der Waals surface area contributed by atoms with Crippen molar-refractivity contribution < 1.29 is 17.7 Å². The largest absolute Gasteiger partial charge is 0.355 e. The second-order valence-corrected chi connectivity index (χ2v) is 10.3. The van der Waals surface area contributed by atoms with Gasteiger partial charge in [-0.25, -0.2) is 8.42 Å². The fourth-order valence-electron chi connectivity index (χ4n) is 4.26. The Hall–Kier alpha value is -3.45. The summed E-state index contributed by atoms with van der Waals surface area (Å²) in [6, 6.07) is 24.6. The van der Waals surface area contributed by atoms with Crippen molar-refractivity contribution in [1.82, 2.24) is 10.1 Å². The van der Waals surface area contributed by atoms with E-state index in [4.69, 9.17) is 4.52 Å². The number of fused-ring (bicyclic) bond motifs is 1. The standard InChI is InChI=1S/C25H22N2O4S/c28-25(23-15-24(31-26-23)19-8-2-1-3-9-19)27(21-13-14-32(29,30)17-21)16-20-11-6-10-18-7-4-5-12-22(18)20/h1-12,15,21H,13-14,16-17H2/t21-/m1/s1. The Bertz CT molecular complexity index is 1370. The van der Waals surface area contributed by atoms with E-state index in [9.17, 15) is 13.2 Å². The third-order valence-corrected chi connectivity index (χ3v) is 7.67. The van der Waals surface area contributed by atoms with Crippen molar-refractivity contribution >= 4 is 26.5 Å². The summed E-state index contributed by atoms with van der Waals surface area (Å²) in [5.41, 5.74) is 1.96. The van der Waals surface area contributed by atoms with Crippen LogP contribution in [0.15, 0.2) is 83.4 Å². The van der Waals surface area contributed by atoms with Crippen molar-refractivity contribution in [3.63, 3.8) is 0 Å². The summed E-state index contributed by atoms with van der Waals surface area (Å²) < 4.78 is 29.8. The monoisotopic (exact) mass is 446 g/mol. The summed E-state index contributed by atoms with van der Waals surface area (Å²) in [6.07, 6.45) is 0.419. The van der Waals surface area contributed by atoms with Crippen molar-refractivity contribution in [2.45, 2.75) is 19.0 Å². The van der Waals surface area contributed by atoms with Gasteiger partial charge < -0.3 is 9.42 Å². The molecule has 7 heteroatoms. The average Bonchev–Trinajstić information content (AvgIpc) is 3.44. The molecule has 0 bridgehead atoms. The highest BCUT2D eigenvalue weighted by Gasteiger charge is 2.36. The lowest BCUT2D eigenvalue weighted by molar-refractivity contribution is 0.0671. The smallest absolute Gasteiger partial charge is 0.276 e. The molecule has 5 rings (SSSR count). The maximum absolute atomic E-state index is 13.5. The lowest BCUT2D eigenvalue weighted by Crippen LogP contribution is -2.40. The number of carbonyl (C=O) groups is 1. The van der Waals surface area contributed by atoms with Gasteiger partial charge in [0.2, 0.25) is 0 Å². The van der Waals surface area contributed by atoms with E-state index >= 15 is 0 Å². The van der Waals surface area contributed by atoms with Crippen molar-refractivity contribution in [1.29, 1.82) is 0 Å². The fraction of sp³-hybridized carbons (Fsp3) is 0.200. The van der Waals surface area contributed by atoms with E-state index in [0.29, 0.717) is 18.7 Å². The molecule has 0 unspecified atom stereocenters. The first-order valence-corrected chi connectivity index (χ1v) is 12.3. The van der Waals surface area contributed by atoms with Crippen LogP contribution in [0.3, 0.4) is 0 Å². The molecule has 1 aromatic heterocycles. The van der Waals surface area contributed by atoms with Crippen LogP contribution in [-0.4, -0.2) is 41.9 Å². The predicted octanol–water partition coefficient (Wildman–Crippen LogP) is 4.32. The molecule has 0 N–H and O–H groups in total. The summed E-state index contributed by atoms with van der Waals surface area (Å²) in [5.74, 6) is 0.224. The molecule has 0 aliphatic carbocycles. The highest BCUT2D eigenvalue weighted by atomic mass is 32.2. The zero-order valence-corrected chi connectivity index (χ0v) is 18.2. The van der Waals surface area contributed by atoms with Crippen LogP contribution in [0.1, 0.15) is 22.5 Å². The molecule has 1 fully saturated rings. The number of hydrogen-bond donors (Lipinski definition) is 0. The van der Waals surface area contributed by atoms with Gasteiger partial charge in [0.15, 0.2) is 21.3 Å². The van der Waals surface area contributed by atoms with Gasteiger partial charge in [-0.15, -0.1) is 0 Å². The van der Waals surface area contributed by atoms with E-state index in [1.54, 1.807) is 11.0 Å². The predicted molar refractivity (Wildman–Crippen MR) is 123 cm³/mol. The molecule has 1 amide bonds. The highest BCUT2D eigenvalue weighted by Crippen LogP contribution is 2.27. The minimum absolute atomic E-state index is 0.0348. The lowest BCUT2D eigenvalue weighted by Gasteiger charge is -2.28. The van der Waals surface area contributed by atoms with Crippen LogP contribution in [0.4, 0.5) is 0 Å². The number of aromatic nitrogens is 1. The summed E-state index contributed by atoms with van der Waals surface area (Å²) in [7, 11) is -3.17. The number of hydrogen-bond acceptors (Lipinski definition) is 5. The second kappa shape index (κ2) is 8.24. The minimum Gasteiger partial charge on any atom is -0.355 e. The van der Waals surface area contributed by atoms with Crippen LogP contribution in [0.5, 0.6) is 0 Å². The van der Waals surface area contributed by atoms with Crippen LogP contribution >= 0.6 is 0 Å². The maximum atomic E-state index is 13.5. The Morgan fingerprint density at radius 2 is 1.75 bits per heavy atom. The number of carbonyl (C=O) groups excluding carboxylic acids is 1. The third kappa shape index (κ3) is 4.03. The summed E-state index contributed by atoms with van der Waals surface area (Å²) in [4.78, 5) is 15.2. The molecule has 0 radical (unpaired) electrons. The Morgan fingerprint density at radius 3 is 2.53 bits per heavy atom. The SMILES string of the molecule is O=C(c1cc(-c2ccccc2)on1)N(Cc1cccc2ccccc12)[C@@H]1CCS(=O)(=O)C1. The number of amides is 1. The second-order valence-electron chi connectivity index (χ2n) is 8.07.